The average molecular weight is 267 g/mol. The van der Waals surface area contributed by atoms with E-state index in [1.165, 1.54) is 0 Å². The lowest BCUT2D eigenvalue weighted by Crippen LogP contribution is -2.59. The van der Waals surface area contributed by atoms with Gasteiger partial charge in [-0.3, -0.25) is 0 Å². The maximum atomic E-state index is 5.93. The fraction of sp³-hybridized carbons (Fsp3) is 0.571. The third-order valence-electron chi connectivity index (χ3n) is 3.24. The summed E-state index contributed by atoms with van der Waals surface area (Å²) in [5.74, 6) is 1.61. The summed E-state index contributed by atoms with van der Waals surface area (Å²) in [6.45, 7) is 1.11. The number of nitrogens with two attached hydrogens (primary N) is 1. The predicted octanol–water partition coefficient (Wildman–Crippen LogP) is 1.21. The Balaban J connectivity index is 1.84. The number of ether oxygens (including phenoxy) is 4. The molecule has 0 aliphatic heterocycles. The molecule has 3 unspecified atom stereocenters. The fourth-order valence-electron chi connectivity index (χ4n) is 2.06. The molecule has 0 bridgehead atoms. The van der Waals surface area contributed by atoms with Crippen LogP contribution in [0, 0.1) is 0 Å². The van der Waals surface area contributed by atoms with Crippen LogP contribution in [0.4, 0.5) is 0 Å². The zero-order valence-electron chi connectivity index (χ0n) is 11.4. The number of benzene rings is 1. The SMILES string of the molecule is COCCOC1C(N)CC1Oc1ccc(OC)cc1. The molecule has 0 amide bonds. The quantitative estimate of drug-likeness (QED) is 0.752. The summed E-state index contributed by atoms with van der Waals surface area (Å²) >= 11 is 0. The minimum Gasteiger partial charge on any atom is -0.497 e. The van der Waals surface area contributed by atoms with Crippen molar-refractivity contribution < 1.29 is 18.9 Å². The van der Waals surface area contributed by atoms with E-state index < -0.39 is 0 Å². The highest BCUT2D eigenvalue weighted by Crippen LogP contribution is 2.28. The smallest absolute Gasteiger partial charge is 0.128 e. The van der Waals surface area contributed by atoms with Gasteiger partial charge < -0.3 is 24.7 Å². The van der Waals surface area contributed by atoms with E-state index in [4.69, 9.17) is 24.7 Å². The van der Waals surface area contributed by atoms with Crippen molar-refractivity contribution in [3.05, 3.63) is 24.3 Å². The molecule has 0 radical (unpaired) electrons. The van der Waals surface area contributed by atoms with Crippen LogP contribution >= 0.6 is 0 Å². The van der Waals surface area contributed by atoms with Crippen molar-refractivity contribution in [3.8, 4) is 11.5 Å². The highest BCUT2D eigenvalue weighted by molar-refractivity contribution is 5.31. The van der Waals surface area contributed by atoms with Gasteiger partial charge in [0.25, 0.3) is 0 Å². The molecule has 1 aromatic rings. The lowest BCUT2D eigenvalue weighted by atomic mass is 9.86. The van der Waals surface area contributed by atoms with Gasteiger partial charge >= 0.3 is 0 Å². The molecule has 0 spiro atoms. The second-order valence-corrected chi connectivity index (χ2v) is 4.56. The average Bonchev–Trinajstić information content (AvgIpc) is 2.44. The normalized spacial score (nSPS) is 25.7. The van der Waals surface area contributed by atoms with Gasteiger partial charge in [0, 0.05) is 19.6 Å². The van der Waals surface area contributed by atoms with Gasteiger partial charge in [0.05, 0.1) is 20.3 Å². The third-order valence-corrected chi connectivity index (χ3v) is 3.24. The minimum atomic E-state index is -0.0581. The first-order valence-corrected chi connectivity index (χ1v) is 6.41. The van der Waals surface area contributed by atoms with E-state index in [0.717, 1.165) is 17.9 Å². The van der Waals surface area contributed by atoms with Crippen molar-refractivity contribution >= 4 is 0 Å². The molecule has 1 aliphatic carbocycles. The highest BCUT2D eigenvalue weighted by Gasteiger charge is 2.41. The highest BCUT2D eigenvalue weighted by atomic mass is 16.6. The molecule has 2 rings (SSSR count). The lowest BCUT2D eigenvalue weighted by Gasteiger charge is -2.41. The van der Waals surface area contributed by atoms with E-state index in [9.17, 15) is 0 Å². The summed E-state index contributed by atoms with van der Waals surface area (Å²) < 4.78 is 21.6. The van der Waals surface area contributed by atoms with Crippen LogP contribution in [-0.4, -0.2) is 45.7 Å². The Bertz CT molecular complexity index is 382. The summed E-state index contributed by atoms with van der Waals surface area (Å²) in [5, 5.41) is 0. The molecule has 0 saturated heterocycles. The van der Waals surface area contributed by atoms with Gasteiger partial charge in [0.2, 0.25) is 0 Å². The van der Waals surface area contributed by atoms with Gasteiger partial charge in [-0.05, 0) is 24.3 Å². The summed E-state index contributed by atoms with van der Waals surface area (Å²) in [5.41, 5.74) is 5.93. The van der Waals surface area contributed by atoms with Crippen molar-refractivity contribution in [2.45, 2.75) is 24.7 Å². The molecule has 1 aromatic carbocycles. The van der Waals surface area contributed by atoms with Crippen molar-refractivity contribution in [1.82, 2.24) is 0 Å². The van der Waals surface area contributed by atoms with Crippen LogP contribution in [0.1, 0.15) is 6.42 Å². The van der Waals surface area contributed by atoms with Gasteiger partial charge in [-0.25, -0.2) is 0 Å². The van der Waals surface area contributed by atoms with E-state index >= 15 is 0 Å². The third kappa shape index (κ3) is 3.59. The van der Waals surface area contributed by atoms with Gasteiger partial charge in [0.1, 0.15) is 23.7 Å². The zero-order chi connectivity index (χ0) is 13.7. The van der Waals surface area contributed by atoms with E-state index in [1.807, 2.05) is 24.3 Å². The largest absolute Gasteiger partial charge is 0.497 e. The van der Waals surface area contributed by atoms with Crippen molar-refractivity contribution in [2.75, 3.05) is 27.4 Å². The molecule has 0 heterocycles. The number of rotatable bonds is 7. The first kappa shape index (κ1) is 14.1. The summed E-state index contributed by atoms with van der Waals surface area (Å²) in [6.07, 6.45) is 0.765. The Morgan fingerprint density at radius 1 is 1.11 bits per heavy atom. The summed E-state index contributed by atoms with van der Waals surface area (Å²) in [4.78, 5) is 0. The van der Waals surface area contributed by atoms with Crippen molar-refractivity contribution in [3.63, 3.8) is 0 Å². The number of methoxy groups -OCH3 is 2. The molecule has 1 fully saturated rings. The maximum absolute atomic E-state index is 5.93. The number of hydrogen-bond donors (Lipinski definition) is 1. The van der Waals surface area contributed by atoms with Crippen LogP contribution in [0.2, 0.25) is 0 Å². The topological polar surface area (TPSA) is 62.9 Å². The van der Waals surface area contributed by atoms with Gasteiger partial charge in [-0.15, -0.1) is 0 Å². The summed E-state index contributed by atoms with van der Waals surface area (Å²) in [6, 6.07) is 7.55. The molecular weight excluding hydrogens is 246 g/mol. The molecule has 2 N–H and O–H groups in total. The second kappa shape index (κ2) is 6.75. The molecule has 5 nitrogen and oxygen atoms in total. The van der Waals surface area contributed by atoms with Crippen LogP contribution in [0.15, 0.2) is 24.3 Å². The molecular formula is C14H21NO4. The first-order valence-electron chi connectivity index (χ1n) is 6.41. The van der Waals surface area contributed by atoms with Crippen LogP contribution in [0.5, 0.6) is 11.5 Å². The van der Waals surface area contributed by atoms with Crippen LogP contribution in [0.25, 0.3) is 0 Å². The van der Waals surface area contributed by atoms with Gasteiger partial charge in [-0.1, -0.05) is 0 Å². The van der Waals surface area contributed by atoms with E-state index in [0.29, 0.717) is 13.2 Å². The monoisotopic (exact) mass is 267 g/mol. The van der Waals surface area contributed by atoms with E-state index in [1.54, 1.807) is 14.2 Å². The molecule has 5 heteroatoms. The molecule has 106 valence electrons. The number of hydrogen-bond acceptors (Lipinski definition) is 5. The Labute approximate surface area is 113 Å². The van der Waals surface area contributed by atoms with Crippen molar-refractivity contribution in [2.24, 2.45) is 5.73 Å². The van der Waals surface area contributed by atoms with E-state index in [2.05, 4.69) is 0 Å². The minimum absolute atomic E-state index is 0.0141. The Hall–Kier alpha value is -1.30. The maximum Gasteiger partial charge on any atom is 0.128 e. The Morgan fingerprint density at radius 2 is 1.79 bits per heavy atom. The van der Waals surface area contributed by atoms with Crippen LogP contribution in [0.3, 0.4) is 0 Å². The zero-order valence-corrected chi connectivity index (χ0v) is 11.4. The standard InChI is InChI=1S/C14H21NO4/c1-16-7-8-18-14-12(15)9-13(14)19-11-5-3-10(17-2)4-6-11/h3-6,12-14H,7-9,15H2,1-2H3. The van der Waals surface area contributed by atoms with E-state index in [-0.39, 0.29) is 18.2 Å². The predicted molar refractivity (Wildman–Crippen MR) is 71.6 cm³/mol. The summed E-state index contributed by atoms with van der Waals surface area (Å²) in [7, 11) is 3.29. The molecule has 1 saturated carbocycles. The second-order valence-electron chi connectivity index (χ2n) is 4.56. The molecule has 1 aliphatic rings. The first-order chi connectivity index (χ1) is 9.24. The van der Waals surface area contributed by atoms with Crippen LogP contribution in [-0.2, 0) is 9.47 Å². The van der Waals surface area contributed by atoms with Crippen LogP contribution < -0.4 is 15.2 Å². The molecule has 19 heavy (non-hydrogen) atoms. The molecule has 0 aromatic heterocycles. The van der Waals surface area contributed by atoms with Gasteiger partial charge in [0.15, 0.2) is 0 Å². The Kier molecular flexibility index (Phi) is 5.01. The molecule has 3 atom stereocenters. The lowest BCUT2D eigenvalue weighted by molar-refractivity contribution is -0.107. The van der Waals surface area contributed by atoms with Crippen molar-refractivity contribution in [1.29, 1.82) is 0 Å². The Morgan fingerprint density at radius 3 is 2.37 bits per heavy atom. The fourth-order valence-corrected chi connectivity index (χ4v) is 2.06. The van der Waals surface area contributed by atoms with Gasteiger partial charge in [-0.2, -0.15) is 0 Å².